The van der Waals surface area contributed by atoms with Crippen LogP contribution in [0, 0.1) is 11.8 Å². The van der Waals surface area contributed by atoms with Crippen LogP contribution in [0.4, 0.5) is 0 Å². The van der Waals surface area contributed by atoms with Gasteiger partial charge in [0, 0.05) is 18.8 Å². The standard InChI is InChI=1S/C22H32N2/c1-3-7-16(8-4-1)18-11-10-17-9-5-2-6-14-24-20-15-23-13-12-19(20)21(18)22(17)24/h2,6,16,18,20,23H,1,3-5,7-15H2/t18-,20-/m0/s1. The van der Waals surface area contributed by atoms with Crippen molar-refractivity contribution in [3.63, 3.8) is 0 Å². The highest BCUT2D eigenvalue weighted by molar-refractivity contribution is 5.51. The minimum absolute atomic E-state index is 0.658. The van der Waals surface area contributed by atoms with Crippen LogP contribution in [0.25, 0.3) is 0 Å². The number of hydrogen-bond acceptors (Lipinski definition) is 2. The summed E-state index contributed by atoms with van der Waals surface area (Å²) in [5, 5.41) is 3.68. The van der Waals surface area contributed by atoms with E-state index in [1.165, 1.54) is 77.3 Å². The average molecular weight is 325 g/mol. The van der Waals surface area contributed by atoms with Crippen molar-refractivity contribution in [1.82, 2.24) is 10.2 Å². The van der Waals surface area contributed by atoms with Crippen molar-refractivity contribution in [1.29, 1.82) is 0 Å². The first-order chi connectivity index (χ1) is 11.9. The Balaban J connectivity index is 1.58. The van der Waals surface area contributed by atoms with E-state index in [-0.39, 0.29) is 0 Å². The maximum absolute atomic E-state index is 3.68. The number of hydrogen-bond donors (Lipinski definition) is 1. The monoisotopic (exact) mass is 324 g/mol. The largest absolute Gasteiger partial charge is 0.360 e. The second-order valence-corrected chi connectivity index (χ2v) is 8.57. The Morgan fingerprint density at radius 3 is 2.79 bits per heavy atom. The third-order valence-electron chi connectivity index (χ3n) is 7.34. The predicted octanol–water partition coefficient (Wildman–Crippen LogP) is 4.55. The van der Waals surface area contributed by atoms with Gasteiger partial charge in [-0.25, -0.2) is 0 Å². The Morgan fingerprint density at radius 2 is 1.88 bits per heavy atom. The third-order valence-corrected chi connectivity index (χ3v) is 7.34. The van der Waals surface area contributed by atoms with Crippen LogP contribution in [0.15, 0.2) is 34.6 Å². The minimum Gasteiger partial charge on any atom is -0.360 e. The van der Waals surface area contributed by atoms with Crippen molar-refractivity contribution in [3.05, 3.63) is 34.6 Å². The summed E-state index contributed by atoms with van der Waals surface area (Å²) in [5.74, 6) is 1.86. The molecule has 1 N–H and O–H groups in total. The summed E-state index contributed by atoms with van der Waals surface area (Å²) in [4.78, 5) is 2.79. The van der Waals surface area contributed by atoms with Crippen LogP contribution < -0.4 is 5.32 Å². The molecule has 0 unspecified atom stereocenters. The third kappa shape index (κ3) is 2.41. The van der Waals surface area contributed by atoms with E-state index in [0.717, 1.165) is 18.4 Å². The maximum Gasteiger partial charge on any atom is 0.0637 e. The number of allylic oxidation sites excluding steroid dienone is 3. The number of nitrogens with zero attached hydrogens (tertiary/aromatic N) is 1. The molecule has 0 amide bonds. The van der Waals surface area contributed by atoms with Crippen LogP contribution >= 0.6 is 0 Å². The lowest BCUT2D eigenvalue weighted by Crippen LogP contribution is -2.43. The van der Waals surface area contributed by atoms with Crippen molar-refractivity contribution in [2.24, 2.45) is 11.8 Å². The summed E-state index contributed by atoms with van der Waals surface area (Å²) in [6.45, 7) is 3.50. The normalized spacial score (nSPS) is 34.1. The molecule has 2 heteroatoms. The van der Waals surface area contributed by atoms with Crippen LogP contribution in [-0.2, 0) is 0 Å². The first-order valence-electron chi connectivity index (χ1n) is 10.5. The van der Waals surface area contributed by atoms with Gasteiger partial charge in [0.05, 0.1) is 6.04 Å². The van der Waals surface area contributed by atoms with Gasteiger partial charge in [0.1, 0.15) is 0 Å². The lowest BCUT2D eigenvalue weighted by atomic mass is 9.69. The molecule has 0 aromatic rings. The molecule has 2 aliphatic carbocycles. The molecule has 0 bridgehead atoms. The fourth-order valence-corrected chi connectivity index (χ4v) is 6.26. The van der Waals surface area contributed by atoms with Gasteiger partial charge in [-0.05, 0) is 80.0 Å². The van der Waals surface area contributed by atoms with Crippen molar-refractivity contribution >= 4 is 0 Å². The molecule has 5 rings (SSSR count). The highest BCUT2D eigenvalue weighted by atomic mass is 15.2. The zero-order valence-electron chi connectivity index (χ0n) is 15.0. The summed E-state index contributed by atoms with van der Waals surface area (Å²) in [5.41, 5.74) is 7.24. The van der Waals surface area contributed by atoms with E-state index < -0.39 is 0 Å². The van der Waals surface area contributed by atoms with Crippen LogP contribution in [-0.4, -0.2) is 30.6 Å². The second-order valence-electron chi connectivity index (χ2n) is 8.57. The highest BCUT2D eigenvalue weighted by Crippen LogP contribution is 2.52. The van der Waals surface area contributed by atoms with Gasteiger partial charge in [-0.3, -0.25) is 0 Å². The number of nitrogens with one attached hydrogen (secondary N) is 1. The minimum atomic E-state index is 0.658. The van der Waals surface area contributed by atoms with Crippen LogP contribution in [0.5, 0.6) is 0 Å². The SMILES string of the molecule is C1=CCN2C3=C(CC1)CC[C@@H](C1CCCCC1)C3=C1CCNC[C@@H]12. The average Bonchev–Trinajstić information content (AvgIpc) is 2.95. The second kappa shape index (κ2) is 6.37. The van der Waals surface area contributed by atoms with Gasteiger partial charge < -0.3 is 10.2 Å². The molecular formula is C22H32N2. The maximum atomic E-state index is 3.68. The van der Waals surface area contributed by atoms with Crippen molar-refractivity contribution in [2.45, 2.75) is 70.3 Å². The lowest BCUT2D eigenvalue weighted by Gasteiger charge is -2.39. The Morgan fingerprint density at radius 1 is 0.958 bits per heavy atom. The predicted molar refractivity (Wildman–Crippen MR) is 99.7 cm³/mol. The Labute approximate surface area is 147 Å². The molecular weight excluding hydrogens is 292 g/mol. The Kier molecular flexibility index (Phi) is 4.05. The van der Waals surface area contributed by atoms with Crippen LogP contribution in [0.2, 0.25) is 0 Å². The van der Waals surface area contributed by atoms with Crippen molar-refractivity contribution < 1.29 is 0 Å². The molecule has 0 aromatic heterocycles. The fraction of sp³-hybridized carbons (Fsp3) is 0.727. The van der Waals surface area contributed by atoms with Gasteiger partial charge in [0.15, 0.2) is 0 Å². The molecule has 2 nitrogen and oxygen atoms in total. The first kappa shape index (κ1) is 15.3. The molecule has 3 heterocycles. The molecule has 1 saturated heterocycles. The van der Waals surface area contributed by atoms with Gasteiger partial charge >= 0.3 is 0 Å². The zero-order chi connectivity index (χ0) is 15.9. The molecule has 3 aliphatic heterocycles. The van der Waals surface area contributed by atoms with Gasteiger partial charge in [-0.2, -0.15) is 0 Å². The Bertz CT molecular complexity index is 591. The Hall–Kier alpha value is -1.02. The summed E-state index contributed by atoms with van der Waals surface area (Å²) in [6, 6.07) is 0.658. The molecule has 0 aromatic carbocycles. The van der Waals surface area contributed by atoms with E-state index in [9.17, 15) is 0 Å². The highest BCUT2D eigenvalue weighted by Gasteiger charge is 2.44. The molecule has 0 radical (unpaired) electrons. The summed E-state index contributed by atoms with van der Waals surface area (Å²) >= 11 is 0. The van der Waals surface area contributed by atoms with Crippen LogP contribution in [0.3, 0.4) is 0 Å². The van der Waals surface area contributed by atoms with E-state index in [0.29, 0.717) is 6.04 Å². The van der Waals surface area contributed by atoms with Gasteiger partial charge in [0.2, 0.25) is 0 Å². The molecule has 130 valence electrons. The summed E-state index contributed by atoms with van der Waals surface area (Å²) < 4.78 is 0. The first-order valence-corrected chi connectivity index (χ1v) is 10.5. The molecule has 0 spiro atoms. The summed E-state index contributed by atoms with van der Waals surface area (Å²) in [6.07, 6.45) is 18.9. The number of rotatable bonds is 1. The van der Waals surface area contributed by atoms with E-state index in [1.54, 1.807) is 11.3 Å². The van der Waals surface area contributed by atoms with Crippen molar-refractivity contribution in [2.75, 3.05) is 19.6 Å². The van der Waals surface area contributed by atoms with E-state index >= 15 is 0 Å². The van der Waals surface area contributed by atoms with E-state index in [4.69, 9.17) is 0 Å². The van der Waals surface area contributed by atoms with Crippen molar-refractivity contribution in [3.8, 4) is 0 Å². The molecule has 24 heavy (non-hydrogen) atoms. The van der Waals surface area contributed by atoms with Gasteiger partial charge in [0.25, 0.3) is 0 Å². The van der Waals surface area contributed by atoms with E-state index in [1.807, 2.05) is 11.1 Å². The lowest BCUT2D eigenvalue weighted by molar-refractivity contribution is 0.251. The fourth-order valence-electron chi connectivity index (χ4n) is 6.26. The molecule has 2 fully saturated rings. The molecule has 2 atom stereocenters. The van der Waals surface area contributed by atoms with E-state index in [2.05, 4.69) is 22.4 Å². The summed E-state index contributed by atoms with van der Waals surface area (Å²) in [7, 11) is 0. The van der Waals surface area contributed by atoms with Gasteiger partial charge in [-0.15, -0.1) is 0 Å². The van der Waals surface area contributed by atoms with Crippen LogP contribution in [0.1, 0.15) is 64.2 Å². The molecule has 5 aliphatic rings. The number of fused-ring (bicyclic) bond motifs is 2. The molecule has 1 saturated carbocycles. The van der Waals surface area contributed by atoms with Gasteiger partial charge in [-0.1, -0.05) is 31.4 Å². The smallest absolute Gasteiger partial charge is 0.0637 e. The topological polar surface area (TPSA) is 15.3 Å². The number of piperidine rings is 1. The zero-order valence-corrected chi connectivity index (χ0v) is 15.0. The quantitative estimate of drug-likeness (QED) is 0.712.